The lowest BCUT2D eigenvalue weighted by Gasteiger charge is -2.20. The summed E-state index contributed by atoms with van der Waals surface area (Å²) in [6.45, 7) is 4.91. The van der Waals surface area contributed by atoms with Crippen LogP contribution in [-0.2, 0) is 27.9 Å². The molecule has 0 bridgehead atoms. The van der Waals surface area contributed by atoms with Gasteiger partial charge in [-0.3, -0.25) is 13.8 Å². The summed E-state index contributed by atoms with van der Waals surface area (Å²) >= 11 is 0. The fraction of sp³-hybridized carbons (Fsp3) is 0.851. The lowest BCUT2D eigenvalue weighted by Crippen LogP contribution is -2.28. The number of esters is 1. The highest BCUT2D eigenvalue weighted by Crippen LogP contribution is 2.43. The Morgan fingerprint density at radius 3 is 1.41 bits per heavy atom. The topological polar surface area (TPSA) is 117 Å². The van der Waals surface area contributed by atoms with Gasteiger partial charge < -0.3 is 20.1 Å². The molecule has 0 aliphatic heterocycles. The quantitative estimate of drug-likeness (QED) is 0.0270. The summed E-state index contributed by atoms with van der Waals surface area (Å²) in [6.07, 6.45) is 51.7. The average Bonchev–Trinajstić information content (AvgIpc) is 3.19. The molecule has 0 spiro atoms. The maximum absolute atomic E-state index is 12.6. The molecule has 3 N–H and O–H groups in total. The summed E-state index contributed by atoms with van der Waals surface area (Å²) < 4.78 is 33.5. The molecule has 0 heterocycles. The van der Waals surface area contributed by atoms with Crippen molar-refractivity contribution >= 4 is 13.8 Å². The number of carbonyl (C=O) groups is 1. The monoisotopic (exact) mass is 812 g/mol. The summed E-state index contributed by atoms with van der Waals surface area (Å²) in [6, 6.07) is 0. The van der Waals surface area contributed by atoms with Gasteiger partial charge in [-0.25, -0.2) is 4.57 Å². The normalized spacial score (nSPS) is 13.7. The maximum Gasteiger partial charge on any atom is 0.472 e. The van der Waals surface area contributed by atoms with E-state index in [2.05, 4.69) is 50.3 Å². The van der Waals surface area contributed by atoms with Crippen LogP contribution in [0.25, 0.3) is 0 Å². The van der Waals surface area contributed by atoms with Gasteiger partial charge in [0.15, 0.2) is 0 Å². The molecule has 8 nitrogen and oxygen atoms in total. The van der Waals surface area contributed by atoms with Gasteiger partial charge in [0.1, 0.15) is 6.10 Å². The zero-order valence-corrected chi connectivity index (χ0v) is 37.5. The van der Waals surface area contributed by atoms with Crippen molar-refractivity contribution in [1.29, 1.82) is 0 Å². The number of allylic oxidation sites excluding steroid dienone is 6. The van der Waals surface area contributed by atoms with E-state index in [1.807, 2.05) is 0 Å². The van der Waals surface area contributed by atoms with Gasteiger partial charge in [0.25, 0.3) is 0 Å². The van der Waals surface area contributed by atoms with E-state index in [0.717, 1.165) is 51.4 Å². The molecule has 0 aliphatic rings. The Labute approximate surface area is 346 Å². The second kappa shape index (κ2) is 44.8. The Balaban J connectivity index is 3.97. The third-order valence-corrected chi connectivity index (χ3v) is 11.0. The predicted octanol–water partition coefficient (Wildman–Crippen LogP) is 14.2. The Morgan fingerprint density at radius 1 is 0.536 bits per heavy atom. The minimum absolute atomic E-state index is 0.0974. The fourth-order valence-electron chi connectivity index (χ4n) is 6.55. The van der Waals surface area contributed by atoms with Crippen molar-refractivity contribution in [3.8, 4) is 0 Å². The summed E-state index contributed by atoms with van der Waals surface area (Å²) in [5.41, 5.74) is 5.38. The van der Waals surface area contributed by atoms with Gasteiger partial charge in [-0.15, -0.1) is 0 Å². The van der Waals surface area contributed by atoms with Crippen LogP contribution < -0.4 is 5.73 Å². The van der Waals surface area contributed by atoms with Crippen molar-refractivity contribution in [1.82, 2.24) is 0 Å². The number of unbranched alkanes of at least 4 members (excludes halogenated alkanes) is 26. The number of rotatable bonds is 45. The van der Waals surface area contributed by atoms with Crippen LogP contribution >= 0.6 is 7.82 Å². The maximum atomic E-state index is 12.6. The van der Waals surface area contributed by atoms with Crippen molar-refractivity contribution < 1.29 is 32.8 Å². The number of phosphoric ester groups is 1. The number of ether oxygens (including phenoxy) is 2. The summed E-state index contributed by atoms with van der Waals surface area (Å²) in [5, 5.41) is 0. The van der Waals surface area contributed by atoms with Crippen molar-refractivity contribution in [2.45, 2.75) is 225 Å². The standard InChI is InChI=1S/C47H90NO7P/c1-3-5-7-9-11-13-15-17-19-20-21-22-23-24-25-27-29-31-33-35-37-39-42-52-44-46(45-54-56(50,51)53-43-41-48)55-47(49)40-38-36-34-32-30-28-26-18-16-14-12-10-8-6-4-2/h15,17-18,20-21,26,46H,3-14,16,19,22-25,27-45,48H2,1-2H3,(H,50,51)/b17-15-,21-20-,26-18-. The van der Waals surface area contributed by atoms with Gasteiger partial charge in [-0.1, -0.05) is 179 Å². The molecule has 0 aromatic heterocycles. The van der Waals surface area contributed by atoms with Gasteiger partial charge in [-0.2, -0.15) is 0 Å². The Kier molecular flexibility index (Phi) is 43.8. The lowest BCUT2D eigenvalue weighted by atomic mass is 10.1. The molecule has 0 amide bonds. The first-order valence-corrected chi connectivity index (χ1v) is 25.0. The highest BCUT2D eigenvalue weighted by molar-refractivity contribution is 7.47. The third kappa shape index (κ3) is 43.8. The molecule has 0 aliphatic carbocycles. The Hall–Kier alpha value is -1.28. The van der Waals surface area contributed by atoms with Gasteiger partial charge in [0.05, 0.1) is 19.8 Å². The molecule has 2 atom stereocenters. The molecule has 9 heteroatoms. The lowest BCUT2D eigenvalue weighted by molar-refractivity contribution is -0.154. The molecular formula is C47H90NO7P. The molecule has 56 heavy (non-hydrogen) atoms. The average molecular weight is 812 g/mol. The first kappa shape index (κ1) is 54.7. The van der Waals surface area contributed by atoms with Crippen LogP contribution in [0.5, 0.6) is 0 Å². The Morgan fingerprint density at radius 2 is 0.946 bits per heavy atom. The van der Waals surface area contributed by atoms with Crippen molar-refractivity contribution in [2.24, 2.45) is 5.73 Å². The minimum Gasteiger partial charge on any atom is -0.457 e. The summed E-state index contributed by atoms with van der Waals surface area (Å²) in [5.74, 6) is -0.339. The first-order chi connectivity index (χ1) is 27.4. The second-order valence-corrected chi connectivity index (χ2v) is 17.1. The van der Waals surface area contributed by atoms with E-state index >= 15 is 0 Å². The molecule has 2 unspecified atom stereocenters. The number of carbonyl (C=O) groups excluding carboxylic acids is 1. The van der Waals surface area contributed by atoms with Crippen LogP contribution in [0.2, 0.25) is 0 Å². The van der Waals surface area contributed by atoms with Gasteiger partial charge in [0.2, 0.25) is 0 Å². The van der Waals surface area contributed by atoms with Gasteiger partial charge >= 0.3 is 13.8 Å². The largest absolute Gasteiger partial charge is 0.472 e. The molecule has 0 aromatic carbocycles. The van der Waals surface area contributed by atoms with Crippen LogP contribution in [0.1, 0.15) is 219 Å². The molecule has 330 valence electrons. The van der Waals surface area contributed by atoms with E-state index in [4.69, 9.17) is 24.3 Å². The SMILES string of the molecule is CCCCCCC/C=C\C/C=C\CCCCCCCCCCCCOCC(COP(=O)(O)OCCN)OC(=O)CCCCCCC/C=C\CCCCCCCC. The van der Waals surface area contributed by atoms with Gasteiger partial charge in [-0.05, 0) is 70.6 Å². The summed E-state index contributed by atoms with van der Waals surface area (Å²) in [7, 11) is -4.28. The van der Waals surface area contributed by atoms with E-state index < -0.39 is 13.9 Å². The molecule has 0 radical (unpaired) electrons. The highest BCUT2D eigenvalue weighted by Gasteiger charge is 2.25. The number of hydrogen-bond donors (Lipinski definition) is 2. The van der Waals surface area contributed by atoms with Crippen molar-refractivity contribution in [3.63, 3.8) is 0 Å². The second-order valence-electron chi connectivity index (χ2n) is 15.6. The molecule has 0 saturated carbocycles. The van der Waals surface area contributed by atoms with E-state index in [9.17, 15) is 14.3 Å². The highest BCUT2D eigenvalue weighted by atomic mass is 31.2. The minimum atomic E-state index is -4.28. The zero-order chi connectivity index (χ0) is 40.9. The van der Waals surface area contributed by atoms with E-state index in [0.29, 0.717) is 13.0 Å². The van der Waals surface area contributed by atoms with E-state index in [-0.39, 0.29) is 32.3 Å². The number of phosphoric acid groups is 1. The molecule has 0 aromatic rings. The summed E-state index contributed by atoms with van der Waals surface area (Å²) in [4.78, 5) is 22.5. The molecule has 0 fully saturated rings. The van der Waals surface area contributed by atoms with Crippen LogP contribution in [-0.4, -0.2) is 49.9 Å². The van der Waals surface area contributed by atoms with E-state index in [1.165, 1.54) is 148 Å². The first-order valence-electron chi connectivity index (χ1n) is 23.5. The Bertz CT molecular complexity index is 957. The van der Waals surface area contributed by atoms with Crippen LogP contribution in [0.3, 0.4) is 0 Å². The molecular weight excluding hydrogens is 721 g/mol. The van der Waals surface area contributed by atoms with Crippen LogP contribution in [0, 0.1) is 0 Å². The van der Waals surface area contributed by atoms with E-state index in [1.54, 1.807) is 0 Å². The van der Waals surface area contributed by atoms with Crippen LogP contribution in [0.15, 0.2) is 36.5 Å². The number of hydrogen-bond acceptors (Lipinski definition) is 7. The number of nitrogens with two attached hydrogens (primary N) is 1. The zero-order valence-electron chi connectivity index (χ0n) is 36.6. The fourth-order valence-corrected chi connectivity index (χ4v) is 7.32. The third-order valence-electron chi connectivity index (χ3n) is 10.0. The smallest absolute Gasteiger partial charge is 0.457 e. The molecule has 0 saturated heterocycles. The molecule has 0 rings (SSSR count). The predicted molar refractivity (Wildman–Crippen MR) is 238 cm³/mol. The van der Waals surface area contributed by atoms with Gasteiger partial charge in [0, 0.05) is 19.6 Å². The van der Waals surface area contributed by atoms with Crippen LogP contribution in [0.4, 0.5) is 0 Å². The van der Waals surface area contributed by atoms with Crippen molar-refractivity contribution in [2.75, 3.05) is 33.0 Å². The van der Waals surface area contributed by atoms with Crippen molar-refractivity contribution in [3.05, 3.63) is 36.5 Å².